The first kappa shape index (κ1) is 15.6. The average Bonchev–Trinajstić information content (AvgIpc) is 2.30. The van der Waals surface area contributed by atoms with Crippen molar-refractivity contribution in [3.05, 3.63) is 18.2 Å². The number of nitrogens with one attached hydrogen (secondary N) is 2. The van der Waals surface area contributed by atoms with E-state index in [1.807, 2.05) is 13.0 Å². The number of anilines is 2. The number of rotatable bonds is 8. The summed E-state index contributed by atoms with van der Waals surface area (Å²) in [4.78, 5) is 0. The number of sulfonamides is 1. The molecule has 1 aromatic carbocycles. The molecule has 7 heteroatoms. The number of hydrogen-bond acceptors (Lipinski definition) is 5. The maximum Gasteiger partial charge on any atom is 0.208 e. The van der Waals surface area contributed by atoms with E-state index in [9.17, 15) is 8.42 Å². The molecule has 0 aliphatic rings. The summed E-state index contributed by atoms with van der Waals surface area (Å²) in [5.74, 6) is 0.709. The quantitative estimate of drug-likeness (QED) is 0.490. The molecule has 0 aromatic heterocycles. The van der Waals surface area contributed by atoms with Crippen molar-refractivity contribution in [1.29, 1.82) is 0 Å². The summed E-state index contributed by atoms with van der Waals surface area (Å²) in [6, 6.07) is 5.38. The van der Waals surface area contributed by atoms with Crippen LogP contribution in [0.15, 0.2) is 18.2 Å². The molecule has 0 unspecified atom stereocenters. The van der Waals surface area contributed by atoms with Crippen molar-refractivity contribution in [3.8, 4) is 5.75 Å². The van der Waals surface area contributed by atoms with Crippen molar-refractivity contribution in [3.63, 3.8) is 0 Å². The Morgan fingerprint density at radius 2 is 2.00 bits per heavy atom. The highest BCUT2D eigenvalue weighted by molar-refractivity contribution is 7.88. The van der Waals surface area contributed by atoms with Gasteiger partial charge in [0.15, 0.2) is 0 Å². The van der Waals surface area contributed by atoms with Crippen molar-refractivity contribution in [1.82, 2.24) is 4.72 Å². The Kier molecular flexibility index (Phi) is 5.91. The number of nitrogens with two attached hydrogens (primary N) is 1. The van der Waals surface area contributed by atoms with Crippen LogP contribution in [0.4, 0.5) is 11.4 Å². The molecule has 1 aromatic rings. The monoisotopic (exact) mass is 287 g/mol. The average molecular weight is 287 g/mol. The lowest BCUT2D eigenvalue weighted by atomic mass is 10.2. The summed E-state index contributed by atoms with van der Waals surface area (Å²) in [5, 5.41) is 3.09. The number of hydrogen-bond donors (Lipinski definition) is 3. The second kappa shape index (κ2) is 7.20. The van der Waals surface area contributed by atoms with Gasteiger partial charge in [0.25, 0.3) is 0 Å². The summed E-state index contributed by atoms with van der Waals surface area (Å²) in [5.41, 5.74) is 7.18. The van der Waals surface area contributed by atoms with Gasteiger partial charge in [0.05, 0.1) is 12.9 Å². The van der Waals surface area contributed by atoms with Crippen LogP contribution >= 0.6 is 0 Å². The topological polar surface area (TPSA) is 93.4 Å². The zero-order valence-electron chi connectivity index (χ0n) is 11.3. The van der Waals surface area contributed by atoms with Crippen LogP contribution in [0.2, 0.25) is 0 Å². The van der Waals surface area contributed by atoms with Crippen LogP contribution in [0.3, 0.4) is 0 Å². The van der Waals surface area contributed by atoms with Crippen molar-refractivity contribution < 1.29 is 13.2 Å². The Morgan fingerprint density at radius 3 is 2.63 bits per heavy atom. The molecule has 0 heterocycles. The summed E-state index contributed by atoms with van der Waals surface area (Å²) < 4.78 is 29.7. The third kappa shape index (κ3) is 6.88. The molecule has 0 saturated heterocycles. The van der Waals surface area contributed by atoms with Crippen LogP contribution in [-0.2, 0) is 10.0 Å². The van der Waals surface area contributed by atoms with Gasteiger partial charge in [-0.05, 0) is 12.5 Å². The fourth-order valence-electron chi connectivity index (χ4n) is 1.47. The Bertz CT molecular complexity index is 503. The molecule has 19 heavy (non-hydrogen) atoms. The van der Waals surface area contributed by atoms with Crippen molar-refractivity contribution in [2.75, 3.05) is 37.0 Å². The van der Waals surface area contributed by atoms with Crippen LogP contribution < -0.4 is 20.5 Å². The molecule has 0 aliphatic carbocycles. The molecule has 0 saturated carbocycles. The molecule has 108 valence electrons. The van der Waals surface area contributed by atoms with Crippen LogP contribution in [0.5, 0.6) is 5.75 Å². The van der Waals surface area contributed by atoms with Crippen molar-refractivity contribution in [2.24, 2.45) is 0 Å². The van der Waals surface area contributed by atoms with E-state index >= 15 is 0 Å². The molecule has 1 rings (SSSR count). The minimum Gasteiger partial charge on any atom is -0.493 e. The van der Waals surface area contributed by atoms with E-state index in [1.54, 1.807) is 12.1 Å². The Morgan fingerprint density at radius 1 is 1.26 bits per heavy atom. The third-order valence-electron chi connectivity index (χ3n) is 2.22. The van der Waals surface area contributed by atoms with Gasteiger partial charge in [-0.3, -0.25) is 0 Å². The summed E-state index contributed by atoms with van der Waals surface area (Å²) in [7, 11) is -3.15. The van der Waals surface area contributed by atoms with Crippen LogP contribution in [0.1, 0.15) is 13.3 Å². The Labute approximate surface area is 114 Å². The lowest BCUT2D eigenvalue weighted by Gasteiger charge is -2.11. The SMILES string of the molecule is CCCOc1cc(N)cc(NCCNS(C)(=O)=O)c1. The lowest BCUT2D eigenvalue weighted by Crippen LogP contribution is -2.27. The molecule has 0 amide bonds. The van der Waals surface area contributed by atoms with Gasteiger partial charge >= 0.3 is 0 Å². The lowest BCUT2D eigenvalue weighted by molar-refractivity contribution is 0.318. The zero-order chi connectivity index (χ0) is 14.3. The first-order chi connectivity index (χ1) is 8.90. The largest absolute Gasteiger partial charge is 0.493 e. The van der Waals surface area contributed by atoms with Gasteiger partial charge in [-0.25, -0.2) is 13.1 Å². The fraction of sp³-hybridized carbons (Fsp3) is 0.500. The molecule has 0 radical (unpaired) electrons. The van der Waals surface area contributed by atoms with E-state index in [-0.39, 0.29) is 0 Å². The molecule has 0 fully saturated rings. The zero-order valence-corrected chi connectivity index (χ0v) is 12.1. The van der Waals surface area contributed by atoms with Gasteiger partial charge in [0, 0.05) is 36.6 Å². The normalized spacial score (nSPS) is 11.3. The smallest absolute Gasteiger partial charge is 0.208 e. The molecule has 6 nitrogen and oxygen atoms in total. The van der Waals surface area contributed by atoms with Crippen LogP contribution in [0, 0.1) is 0 Å². The van der Waals surface area contributed by atoms with E-state index in [2.05, 4.69) is 10.0 Å². The molecule has 0 atom stereocenters. The molecule has 0 bridgehead atoms. The van der Waals surface area contributed by atoms with E-state index in [4.69, 9.17) is 10.5 Å². The number of nitrogen functional groups attached to an aromatic ring is 1. The van der Waals surface area contributed by atoms with E-state index in [0.717, 1.165) is 18.4 Å². The highest BCUT2D eigenvalue weighted by Crippen LogP contribution is 2.22. The van der Waals surface area contributed by atoms with Gasteiger partial charge in [0.1, 0.15) is 5.75 Å². The number of ether oxygens (including phenoxy) is 1. The van der Waals surface area contributed by atoms with Gasteiger partial charge in [-0.1, -0.05) is 6.92 Å². The third-order valence-corrected chi connectivity index (χ3v) is 2.95. The van der Waals surface area contributed by atoms with Crippen LogP contribution in [0.25, 0.3) is 0 Å². The van der Waals surface area contributed by atoms with Gasteiger partial charge in [0.2, 0.25) is 10.0 Å². The minimum atomic E-state index is -3.15. The first-order valence-electron chi connectivity index (χ1n) is 6.12. The predicted octanol–water partition coefficient (Wildman–Crippen LogP) is 1.02. The molecular weight excluding hydrogens is 266 g/mol. The van der Waals surface area contributed by atoms with E-state index in [0.29, 0.717) is 31.1 Å². The Balaban J connectivity index is 2.51. The number of benzene rings is 1. The molecule has 4 N–H and O–H groups in total. The highest BCUT2D eigenvalue weighted by atomic mass is 32.2. The Hall–Kier alpha value is -1.47. The maximum absolute atomic E-state index is 10.9. The van der Waals surface area contributed by atoms with Gasteiger partial charge in [-0.2, -0.15) is 0 Å². The summed E-state index contributed by atoms with van der Waals surface area (Å²) in [6.45, 7) is 3.46. The van der Waals surface area contributed by atoms with Crippen molar-refractivity contribution >= 4 is 21.4 Å². The highest BCUT2D eigenvalue weighted by Gasteiger charge is 2.01. The second-order valence-corrected chi connectivity index (χ2v) is 6.07. The standard InChI is InChI=1S/C12H21N3O3S/c1-3-6-18-12-8-10(13)7-11(9-12)14-4-5-15-19(2,16)17/h7-9,14-15H,3-6,13H2,1-2H3. The van der Waals surface area contributed by atoms with Crippen molar-refractivity contribution in [2.45, 2.75) is 13.3 Å². The molecule has 0 spiro atoms. The summed E-state index contributed by atoms with van der Waals surface area (Å²) >= 11 is 0. The van der Waals surface area contributed by atoms with Gasteiger partial charge < -0.3 is 15.8 Å². The van der Waals surface area contributed by atoms with Crippen LogP contribution in [-0.4, -0.2) is 34.4 Å². The molecular formula is C12H21N3O3S. The van der Waals surface area contributed by atoms with Gasteiger partial charge in [-0.15, -0.1) is 0 Å². The van der Waals surface area contributed by atoms with E-state index in [1.165, 1.54) is 0 Å². The van der Waals surface area contributed by atoms with E-state index < -0.39 is 10.0 Å². The fourth-order valence-corrected chi connectivity index (χ4v) is 1.94. The predicted molar refractivity (Wildman–Crippen MR) is 78.0 cm³/mol. The second-order valence-electron chi connectivity index (χ2n) is 4.23. The minimum absolute atomic E-state index is 0.318. The first-order valence-corrected chi connectivity index (χ1v) is 8.01. The maximum atomic E-state index is 10.9. The summed E-state index contributed by atoms with van der Waals surface area (Å²) in [6.07, 6.45) is 2.06. The molecule has 0 aliphatic heterocycles.